The molecule has 0 aliphatic heterocycles. The summed E-state index contributed by atoms with van der Waals surface area (Å²) in [5.74, 6) is 0.723. The summed E-state index contributed by atoms with van der Waals surface area (Å²) in [4.78, 5) is 12.2. The summed E-state index contributed by atoms with van der Waals surface area (Å²) < 4.78 is 6.68. The molecule has 3 aromatic carbocycles. The van der Waals surface area contributed by atoms with Crippen LogP contribution in [0.25, 0.3) is 6.08 Å². The van der Waals surface area contributed by atoms with Crippen molar-refractivity contribution in [3.05, 3.63) is 105 Å². The minimum Gasteiger partial charge on any atom is -0.488 e. The van der Waals surface area contributed by atoms with E-state index >= 15 is 0 Å². The largest absolute Gasteiger partial charge is 0.488 e. The van der Waals surface area contributed by atoms with E-state index in [4.69, 9.17) is 16.3 Å². The van der Waals surface area contributed by atoms with E-state index in [0.717, 1.165) is 26.9 Å². The van der Waals surface area contributed by atoms with Crippen LogP contribution in [0.5, 0.6) is 5.75 Å². The van der Waals surface area contributed by atoms with Gasteiger partial charge in [-0.2, -0.15) is 0 Å². The average Bonchev–Trinajstić information content (AvgIpc) is 2.67. The number of allylic oxidation sites excluding steroid dienone is 1. The summed E-state index contributed by atoms with van der Waals surface area (Å²) in [5, 5.41) is 0.705. The number of hydrogen-bond donors (Lipinski definition) is 0. The number of carbonyl (C=O) groups excluding carboxylic acids is 1. The Kier molecular flexibility index (Phi) is 6.49. The monoisotopic (exact) mass is 440 g/mol. The second-order valence-electron chi connectivity index (χ2n) is 6.17. The lowest BCUT2D eigenvalue weighted by molar-refractivity contribution is 0.104. The second kappa shape index (κ2) is 9.03. The summed E-state index contributed by atoms with van der Waals surface area (Å²) in [7, 11) is 0. The van der Waals surface area contributed by atoms with Crippen molar-refractivity contribution in [1.29, 1.82) is 0 Å². The first kappa shape index (κ1) is 19.4. The second-order valence-corrected chi connectivity index (χ2v) is 7.46. The van der Waals surface area contributed by atoms with Crippen molar-refractivity contribution in [2.45, 2.75) is 13.5 Å². The third-order valence-corrected chi connectivity index (χ3v) is 4.90. The van der Waals surface area contributed by atoms with E-state index in [1.807, 2.05) is 73.7 Å². The zero-order valence-electron chi connectivity index (χ0n) is 14.8. The minimum atomic E-state index is -0.0193. The van der Waals surface area contributed by atoms with Crippen molar-refractivity contribution in [3.8, 4) is 5.75 Å². The number of aryl methyl sites for hydroxylation is 1. The molecule has 0 saturated heterocycles. The van der Waals surface area contributed by atoms with E-state index in [-0.39, 0.29) is 5.78 Å². The highest BCUT2D eigenvalue weighted by Gasteiger charge is 2.04. The molecule has 4 heteroatoms. The van der Waals surface area contributed by atoms with Gasteiger partial charge in [0, 0.05) is 10.6 Å². The Morgan fingerprint density at radius 1 is 1.04 bits per heavy atom. The van der Waals surface area contributed by atoms with Crippen LogP contribution in [-0.4, -0.2) is 5.78 Å². The third kappa shape index (κ3) is 5.56. The van der Waals surface area contributed by atoms with Gasteiger partial charge in [-0.05, 0) is 64.3 Å². The van der Waals surface area contributed by atoms with Gasteiger partial charge in [0.15, 0.2) is 5.78 Å². The lowest BCUT2D eigenvalue weighted by atomic mass is 10.1. The highest BCUT2D eigenvalue weighted by molar-refractivity contribution is 9.10. The number of benzene rings is 3. The van der Waals surface area contributed by atoms with Crippen molar-refractivity contribution < 1.29 is 9.53 Å². The van der Waals surface area contributed by atoms with Crippen LogP contribution in [0, 0.1) is 6.92 Å². The summed E-state index contributed by atoms with van der Waals surface area (Å²) in [6.07, 6.45) is 3.39. The van der Waals surface area contributed by atoms with Crippen LogP contribution in [-0.2, 0) is 6.61 Å². The first-order valence-electron chi connectivity index (χ1n) is 8.47. The molecule has 0 aliphatic rings. The number of carbonyl (C=O) groups is 1. The molecule has 0 radical (unpaired) electrons. The Morgan fingerprint density at radius 2 is 1.74 bits per heavy atom. The number of hydrogen-bond acceptors (Lipinski definition) is 2. The molecule has 0 N–H and O–H groups in total. The lowest BCUT2D eigenvalue weighted by Crippen LogP contribution is -1.96. The molecule has 0 fully saturated rings. The molecule has 0 aromatic heterocycles. The molecule has 0 bridgehead atoms. The van der Waals surface area contributed by atoms with Gasteiger partial charge in [-0.1, -0.05) is 65.7 Å². The van der Waals surface area contributed by atoms with Crippen LogP contribution >= 0.6 is 27.5 Å². The van der Waals surface area contributed by atoms with Gasteiger partial charge in [-0.3, -0.25) is 4.79 Å². The molecule has 3 rings (SSSR count). The van der Waals surface area contributed by atoms with Gasteiger partial charge in [-0.15, -0.1) is 0 Å². The summed E-state index contributed by atoms with van der Waals surface area (Å²) in [6.45, 7) is 2.45. The lowest BCUT2D eigenvalue weighted by Gasteiger charge is -2.09. The van der Waals surface area contributed by atoms with Gasteiger partial charge in [0.25, 0.3) is 0 Å². The smallest absolute Gasteiger partial charge is 0.185 e. The van der Waals surface area contributed by atoms with E-state index in [1.54, 1.807) is 12.2 Å². The highest BCUT2D eigenvalue weighted by Crippen LogP contribution is 2.27. The molecular weight excluding hydrogens is 424 g/mol. The topological polar surface area (TPSA) is 26.3 Å². The zero-order chi connectivity index (χ0) is 19.2. The summed E-state index contributed by atoms with van der Waals surface area (Å²) in [5.41, 5.74) is 3.77. The Labute approximate surface area is 172 Å². The van der Waals surface area contributed by atoms with Crippen LogP contribution in [0.15, 0.2) is 77.3 Å². The first-order valence-corrected chi connectivity index (χ1v) is 9.64. The van der Waals surface area contributed by atoms with Crippen LogP contribution in [0.2, 0.25) is 5.02 Å². The minimum absolute atomic E-state index is 0.0193. The number of ketones is 1. The third-order valence-electron chi connectivity index (χ3n) is 4.03. The van der Waals surface area contributed by atoms with E-state index < -0.39 is 0 Å². The Bertz CT molecular complexity index is 961. The molecule has 0 heterocycles. The number of halogens is 2. The molecular formula is C23H18BrClO2. The van der Waals surface area contributed by atoms with Crippen molar-refractivity contribution in [2.24, 2.45) is 0 Å². The van der Waals surface area contributed by atoms with E-state index in [9.17, 15) is 4.79 Å². The predicted molar refractivity (Wildman–Crippen MR) is 114 cm³/mol. The van der Waals surface area contributed by atoms with Crippen molar-refractivity contribution in [1.82, 2.24) is 0 Å². The quantitative estimate of drug-likeness (QED) is 0.308. The maximum atomic E-state index is 12.2. The maximum Gasteiger partial charge on any atom is 0.185 e. The Hall–Kier alpha value is -2.36. The van der Waals surface area contributed by atoms with E-state index in [1.165, 1.54) is 0 Å². The normalized spacial score (nSPS) is 10.9. The standard InChI is InChI=1S/C23H18BrClO2/c1-16-2-8-19(9-3-16)22(26)12-6-17-7-13-23(21(24)14-17)27-15-18-4-10-20(25)11-5-18/h2-14H,15H2,1H3/b12-6+. The fraction of sp³-hybridized carbons (Fsp3) is 0.0870. The molecule has 3 aromatic rings. The molecule has 27 heavy (non-hydrogen) atoms. The Balaban J connectivity index is 1.64. The van der Waals surface area contributed by atoms with Gasteiger partial charge in [0.1, 0.15) is 12.4 Å². The molecule has 0 spiro atoms. The van der Waals surface area contributed by atoms with Gasteiger partial charge >= 0.3 is 0 Å². The van der Waals surface area contributed by atoms with Gasteiger partial charge < -0.3 is 4.74 Å². The van der Waals surface area contributed by atoms with Crippen molar-refractivity contribution in [3.63, 3.8) is 0 Å². The molecule has 0 atom stereocenters. The molecule has 0 aliphatic carbocycles. The van der Waals surface area contributed by atoms with Crippen LogP contribution in [0.1, 0.15) is 27.0 Å². The molecule has 0 unspecified atom stereocenters. The summed E-state index contributed by atoms with van der Waals surface area (Å²) in [6, 6.07) is 20.8. The molecule has 0 amide bonds. The van der Waals surface area contributed by atoms with Crippen molar-refractivity contribution in [2.75, 3.05) is 0 Å². The first-order chi connectivity index (χ1) is 13.0. The van der Waals surface area contributed by atoms with Crippen LogP contribution < -0.4 is 4.74 Å². The predicted octanol–water partition coefficient (Wildman–Crippen LogP) is 6.89. The number of ether oxygens (including phenoxy) is 1. The van der Waals surface area contributed by atoms with Crippen LogP contribution in [0.4, 0.5) is 0 Å². The van der Waals surface area contributed by atoms with Gasteiger partial charge in [0.2, 0.25) is 0 Å². The zero-order valence-corrected chi connectivity index (χ0v) is 17.1. The highest BCUT2D eigenvalue weighted by atomic mass is 79.9. The Morgan fingerprint density at radius 3 is 2.41 bits per heavy atom. The van der Waals surface area contributed by atoms with Gasteiger partial charge in [0.05, 0.1) is 4.47 Å². The molecule has 2 nitrogen and oxygen atoms in total. The maximum absolute atomic E-state index is 12.2. The fourth-order valence-corrected chi connectivity index (χ4v) is 3.10. The van der Waals surface area contributed by atoms with Gasteiger partial charge in [-0.25, -0.2) is 0 Å². The van der Waals surface area contributed by atoms with E-state index in [2.05, 4.69) is 15.9 Å². The SMILES string of the molecule is Cc1ccc(C(=O)/C=C/c2ccc(OCc3ccc(Cl)cc3)c(Br)c2)cc1. The molecule has 136 valence electrons. The molecule has 0 saturated carbocycles. The fourth-order valence-electron chi connectivity index (χ4n) is 2.47. The number of rotatable bonds is 6. The average molecular weight is 442 g/mol. The van der Waals surface area contributed by atoms with E-state index in [0.29, 0.717) is 17.2 Å². The van der Waals surface area contributed by atoms with Crippen LogP contribution in [0.3, 0.4) is 0 Å². The summed E-state index contributed by atoms with van der Waals surface area (Å²) >= 11 is 9.42. The van der Waals surface area contributed by atoms with Crippen molar-refractivity contribution >= 4 is 39.4 Å².